The Balaban J connectivity index is 2.47. The Morgan fingerprint density at radius 2 is 2.28 bits per heavy atom. The van der Waals surface area contributed by atoms with Crippen LogP contribution in [-0.2, 0) is 0 Å². The SMILES string of the molecule is CCCCC(CC)CNC(=O)c1cccnc1Cl. The molecule has 0 bridgehead atoms. The van der Waals surface area contributed by atoms with Gasteiger partial charge in [0.2, 0.25) is 0 Å². The number of nitrogens with one attached hydrogen (secondary N) is 1. The smallest absolute Gasteiger partial charge is 0.254 e. The van der Waals surface area contributed by atoms with Crippen molar-refractivity contribution in [2.24, 2.45) is 5.92 Å². The lowest BCUT2D eigenvalue weighted by Gasteiger charge is -2.15. The maximum absolute atomic E-state index is 11.9. The molecule has 1 amide bonds. The second kappa shape index (κ2) is 8.09. The average molecular weight is 269 g/mol. The van der Waals surface area contributed by atoms with Gasteiger partial charge in [0.25, 0.3) is 5.91 Å². The van der Waals surface area contributed by atoms with E-state index in [1.54, 1.807) is 18.3 Å². The molecule has 4 heteroatoms. The minimum Gasteiger partial charge on any atom is -0.352 e. The van der Waals surface area contributed by atoms with Crippen LogP contribution in [0.4, 0.5) is 0 Å². The molecule has 0 fully saturated rings. The van der Waals surface area contributed by atoms with Crippen LogP contribution in [0, 0.1) is 5.92 Å². The van der Waals surface area contributed by atoms with Gasteiger partial charge in [-0.15, -0.1) is 0 Å². The van der Waals surface area contributed by atoms with Gasteiger partial charge in [0, 0.05) is 12.7 Å². The highest BCUT2D eigenvalue weighted by Gasteiger charge is 2.12. The van der Waals surface area contributed by atoms with E-state index in [0.717, 1.165) is 12.8 Å². The summed E-state index contributed by atoms with van der Waals surface area (Å²) >= 11 is 5.88. The highest BCUT2D eigenvalue weighted by molar-refractivity contribution is 6.32. The standard InChI is InChI=1S/C14H21ClN2O/c1-3-5-7-11(4-2)10-17-14(18)12-8-6-9-16-13(12)15/h6,8-9,11H,3-5,7,10H2,1-2H3,(H,17,18). The van der Waals surface area contributed by atoms with E-state index in [0.29, 0.717) is 18.0 Å². The first-order chi connectivity index (χ1) is 8.69. The molecule has 1 atom stereocenters. The predicted molar refractivity (Wildman–Crippen MR) is 74.9 cm³/mol. The van der Waals surface area contributed by atoms with Crippen molar-refractivity contribution in [1.29, 1.82) is 0 Å². The Morgan fingerprint density at radius 1 is 1.50 bits per heavy atom. The summed E-state index contributed by atoms with van der Waals surface area (Å²) in [6.45, 7) is 5.05. The molecule has 1 aromatic heterocycles. The fraction of sp³-hybridized carbons (Fsp3) is 0.571. The van der Waals surface area contributed by atoms with Gasteiger partial charge in [0.1, 0.15) is 5.15 Å². The van der Waals surface area contributed by atoms with Gasteiger partial charge in [0.05, 0.1) is 5.56 Å². The van der Waals surface area contributed by atoms with Crippen molar-refractivity contribution in [3.05, 3.63) is 29.0 Å². The Labute approximate surface area is 114 Å². The number of halogens is 1. The molecule has 0 aliphatic heterocycles. The Kier molecular flexibility index (Phi) is 6.73. The number of pyridine rings is 1. The monoisotopic (exact) mass is 268 g/mol. The molecule has 0 aliphatic rings. The fourth-order valence-electron chi connectivity index (χ4n) is 1.83. The van der Waals surface area contributed by atoms with Crippen molar-refractivity contribution < 1.29 is 4.79 Å². The van der Waals surface area contributed by atoms with E-state index in [1.807, 2.05) is 0 Å². The normalized spacial score (nSPS) is 12.2. The van der Waals surface area contributed by atoms with Crippen molar-refractivity contribution >= 4 is 17.5 Å². The van der Waals surface area contributed by atoms with Crippen molar-refractivity contribution in [3.8, 4) is 0 Å². The molecule has 0 radical (unpaired) electrons. The molecule has 0 saturated carbocycles. The van der Waals surface area contributed by atoms with Crippen LogP contribution in [0.5, 0.6) is 0 Å². The van der Waals surface area contributed by atoms with Gasteiger partial charge < -0.3 is 5.32 Å². The lowest BCUT2D eigenvalue weighted by molar-refractivity contribution is 0.0945. The van der Waals surface area contributed by atoms with Gasteiger partial charge in [-0.1, -0.05) is 44.7 Å². The summed E-state index contributed by atoms with van der Waals surface area (Å²) in [5, 5.41) is 3.20. The molecule has 1 aromatic rings. The first-order valence-corrected chi connectivity index (χ1v) is 6.95. The third-order valence-corrected chi connectivity index (χ3v) is 3.40. The van der Waals surface area contributed by atoms with Gasteiger partial charge in [-0.25, -0.2) is 4.98 Å². The first kappa shape index (κ1) is 15.0. The summed E-state index contributed by atoms with van der Waals surface area (Å²) in [5.74, 6) is 0.410. The first-order valence-electron chi connectivity index (χ1n) is 6.57. The molecule has 1 heterocycles. The summed E-state index contributed by atoms with van der Waals surface area (Å²) in [5.41, 5.74) is 0.449. The van der Waals surface area contributed by atoms with Crippen molar-refractivity contribution in [2.75, 3.05) is 6.54 Å². The molecule has 1 N–H and O–H groups in total. The van der Waals surface area contributed by atoms with Crippen molar-refractivity contribution in [2.45, 2.75) is 39.5 Å². The van der Waals surface area contributed by atoms with E-state index >= 15 is 0 Å². The van der Waals surface area contributed by atoms with Gasteiger partial charge in [-0.05, 0) is 24.5 Å². The van der Waals surface area contributed by atoms with E-state index in [9.17, 15) is 4.79 Å². The maximum atomic E-state index is 11.9. The number of amides is 1. The number of hydrogen-bond donors (Lipinski definition) is 1. The highest BCUT2D eigenvalue weighted by Crippen LogP contribution is 2.13. The Bertz CT molecular complexity index is 382. The largest absolute Gasteiger partial charge is 0.352 e. The fourth-order valence-corrected chi connectivity index (χ4v) is 2.04. The molecule has 18 heavy (non-hydrogen) atoms. The number of rotatable bonds is 7. The van der Waals surface area contributed by atoms with Crippen molar-refractivity contribution in [3.63, 3.8) is 0 Å². The van der Waals surface area contributed by atoms with Crippen LogP contribution in [0.1, 0.15) is 49.9 Å². The number of unbranched alkanes of at least 4 members (excludes halogenated alkanes) is 1. The summed E-state index contributed by atoms with van der Waals surface area (Å²) in [4.78, 5) is 15.8. The molecule has 3 nitrogen and oxygen atoms in total. The average Bonchev–Trinajstić information content (AvgIpc) is 2.39. The zero-order chi connectivity index (χ0) is 13.4. The minimum absolute atomic E-state index is 0.136. The Morgan fingerprint density at radius 3 is 2.89 bits per heavy atom. The second-order valence-electron chi connectivity index (χ2n) is 4.47. The molecular formula is C14H21ClN2O. The number of nitrogens with zero attached hydrogens (tertiary/aromatic N) is 1. The molecule has 1 rings (SSSR count). The van der Waals surface area contributed by atoms with Gasteiger partial charge >= 0.3 is 0 Å². The molecule has 1 unspecified atom stereocenters. The number of carbonyl (C=O) groups is 1. The maximum Gasteiger partial charge on any atom is 0.254 e. The molecule has 0 aliphatic carbocycles. The van der Waals surface area contributed by atoms with E-state index in [2.05, 4.69) is 24.1 Å². The zero-order valence-electron chi connectivity index (χ0n) is 11.1. The third-order valence-electron chi connectivity index (χ3n) is 3.10. The highest BCUT2D eigenvalue weighted by atomic mass is 35.5. The van der Waals surface area contributed by atoms with Crippen LogP contribution in [0.3, 0.4) is 0 Å². The summed E-state index contributed by atoms with van der Waals surface area (Å²) in [6.07, 6.45) is 6.23. The van der Waals surface area contributed by atoms with Crippen LogP contribution in [-0.4, -0.2) is 17.4 Å². The molecule has 0 spiro atoms. The van der Waals surface area contributed by atoms with Gasteiger partial charge in [-0.2, -0.15) is 0 Å². The topological polar surface area (TPSA) is 42.0 Å². The second-order valence-corrected chi connectivity index (χ2v) is 4.83. The van der Waals surface area contributed by atoms with Crippen molar-refractivity contribution in [1.82, 2.24) is 10.3 Å². The predicted octanol–water partition coefficient (Wildman–Crippen LogP) is 3.68. The number of hydrogen-bond acceptors (Lipinski definition) is 2. The quantitative estimate of drug-likeness (QED) is 0.767. The Hall–Kier alpha value is -1.09. The van der Waals surface area contributed by atoms with E-state index in [4.69, 9.17) is 11.6 Å². The summed E-state index contributed by atoms with van der Waals surface area (Å²) in [7, 11) is 0. The molecule has 0 saturated heterocycles. The number of carbonyl (C=O) groups excluding carboxylic acids is 1. The van der Waals surface area contributed by atoms with Gasteiger partial charge in [-0.3, -0.25) is 4.79 Å². The summed E-state index contributed by atoms with van der Waals surface area (Å²) in [6, 6.07) is 3.41. The van der Waals surface area contributed by atoms with Crippen LogP contribution in [0.25, 0.3) is 0 Å². The van der Waals surface area contributed by atoms with Crippen LogP contribution >= 0.6 is 11.6 Å². The lowest BCUT2D eigenvalue weighted by Crippen LogP contribution is -2.29. The molecular weight excluding hydrogens is 248 g/mol. The molecule has 100 valence electrons. The number of aromatic nitrogens is 1. The van der Waals surface area contributed by atoms with E-state index in [-0.39, 0.29) is 11.1 Å². The van der Waals surface area contributed by atoms with E-state index < -0.39 is 0 Å². The molecule has 0 aromatic carbocycles. The summed E-state index contributed by atoms with van der Waals surface area (Å²) < 4.78 is 0. The minimum atomic E-state index is -0.136. The lowest BCUT2D eigenvalue weighted by atomic mass is 9.99. The van der Waals surface area contributed by atoms with E-state index in [1.165, 1.54) is 12.8 Å². The van der Waals surface area contributed by atoms with Gasteiger partial charge in [0.15, 0.2) is 0 Å². The third kappa shape index (κ3) is 4.65. The van der Waals surface area contributed by atoms with Crippen LogP contribution in [0.15, 0.2) is 18.3 Å². The van der Waals surface area contributed by atoms with Crippen LogP contribution in [0.2, 0.25) is 5.15 Å². The van der Waals surface area contributed by atoms with Crippen LogP contribution < -0.4 is 5.32 Å². The zero-order valence-corrected chi connectivity index (χ0v) is 11.8.